The first kappa shape index (κ1) is 24.5. The number of halogens is 1. The van der Waals surface area contributed by atoms with Crippen molar-refractivity contribution >= 4 is 45.7 Å². The minimum atomic E-state index is -0.118. The van der Waals surface area contributed by atoms with E-state index in [9.17, 15) is 4.79 Å². The van der Waals surface area contributed by atoms with Crippen molar-refractivity contribution in [2.45, 2.75) is 47.0 Å². The molecule has 1 heterocycles. The number of ether oxygens (including phenoxy) is 1. The number of carbonyl (C=O) groups excluding carboxylic acids is 1. The zero-order valence-corrected chi connectivity index (χ0v) is 21.7. The van der Waals surface area contributed by atoms with E-state index in [1.54, 1.807) is 23.5 Å². The first-order valence-electron chi connectivity index (χ1n) is 11.7. The molecule has 1 aliphatic carbocycles. The number of aliphatic imine (C=N–C) groups is 1. The summed E-state index contributed by atoms with van der Waals surface area (Å²) in [6.45, 7) is 9.50. The highest BCUT2D eigenvalue weighted by molar-refractivity contribution is 7.16. The van der Waals surface area contributed by atoms with Crippen LogP contribution in [0.3, 0.4) is 0 Å². The number of hydrogen-bond donors (Lipinski definition) is 1. The molecule has 0 fully saturated rings. The summed E-state index contributed by atoms with van der Waals surface area (Å²) in [6.07, 6.45) is 4.79. The van der Waals surface area contributed by atoms with Crippen LogP contribution in [0.5, 0.6) is 5.75 Å². The molecule has 0 spiro atoms. The largest absolute Gasteiger partial charge is 0.494 e. The van der Waals surface area contributed by atoms with Crippen molar-refractivity contribution in [3.63, 3.8) is 0 Å². The van der Waals surface area contributed by atoms with Crippen molar-refractivity contribution in [2.24, 2.45) is 16.3 Å². The molecule has 0 unspecified atom stereocenters. The summed E-state index contributed by atoms with van der Waals surface area (Å²) in [5, 5.41) is 4.44. The molecule has 0 radical (unpaired) electrons. The van der Waals surface area contributed by atoms with Crippen LogP contribution in [0.25, 0.3) is 0 Å². The second-order valence-electron chi connectivity index (χ2n) is 9.71. The number of benzene rings is 2. The lowest BCUT2D eigenvalue weighted by atomic mass is 9.72. The number of hydrogen-bond acceptors (Lipinski definition) is 4. The van der Waals surface area contributed by atoms with E-state index in [0.717, 1.165) is 46.8 Å². The number of carbonyl (C=O) groups is 1. The minimum Gasteiger partial charge on any atom is -0.494 e. The van der Waals surface area contributed by atoms with Crippen molar-refractivity contribution < 1.29 is 9.53 Å². The van der Waals surface area contributed by atoms with Gasteiger partial charge in [0, 0.05) is 21.8 Å². The van der Waals surface area contributed by atoms with Gasteiger partial charge in [0.15, 0.2) is 0 Å². The molecule has 4 nitrogen and oxygen atoms in total. The van der Waals surface area contributed by atoms with E-state index < -0.39 is 0 Å². The van der Waals surface area contributed by atoms with Crippen LogP contribution < -0.4 is 10.1 Å². The van der Waals surface area contributed by atoms with Gasteiger partial charge in [-0.05, 0) is 97.2 Å². The maximum absolute atomic E-state index is 13.4. The SMILES string of the molecule is CCOc1ccc(C=Nc2sc3c(c2C(=O)Nc2ccc(Cl)cc2)CC[C@H](C(C)(C)C)C3)cc1. The van der Waals surface area contributed by atoms with Gasteiger partial charge in [0.2, 0.25) is 0 Å². The molecule has 1 aromatic heterocycles. The standard InChI is InChI=1S/C28H31ClN2O2S/c1-5-33-22-13-6-18(7-14-22)17-30-27-25(26(32)31-21-11-9-20(29)10-12-21)23-15-8-19(28(2,3)4)16-24(23)34-27/h6-7,9-14,17,19H,5,8,15-16H2,1-4H3,(H,31,32)/t19-/m0/s1. The van der Waals surface area contributed by atoms with Gasteiger partial charge < -0.3 is 10.1 Å². The summed E-state index contributed by atoms with van der Waals surface area (Å²) in [5.41, 5.74) is 3.77. The van der Waals surface area contributed by atoms with Crippen LogP contribution in [0.4, 0.5) is 10.7 Å². The van der Waals surface area contributed by atoms with Gasteiger partial charge >= 0.3 is 0 Å². The summed E-state index contributed by atoms with van der Waals surface area (Å²) < 4.78 is 5.53. The maximum Gasteiger partial charge on any atom is 0.259 e. The van der Waals surface area contributed by atoms with Gasteiger partial charge in [-0.2, -0.15) is 0 Å². The highest BCUT2D eigenvalue weighted by atomic mass is 35.5. The van der Waals surface area contributed by atoms with Crippen molar-refractivity contribution in [3.8, 4) is 5.75 Å². The number of fused-ring (bicyclic) bond motifs is 1. The van der Waals surface area contributed by atoms with E-state index >= 15 is 0 Å². The third-order valence-electron chi connectivity index (χ3n) is 6.32. The number of nitrogens with zero attached hydrogens (tertiary/aromatic N) is 1. The summed E-state index contributed by atoms with van der Waals surface area (Å²) in [5.74, 6) is 1.31. The fourth-order valence-corrected chi connectivity index (χ4v) is 5.71. The average molecular weight is 495 g/mol. The van der Waals surface area contributed by atoms with Crippen LogP contribution in [0.2, 0.25) is 5.02 Å². The Labute approximate surface area is 211 Å². The summed E-state index contributed by atoms with van der Waals surface area (Å²) >= 11 is 7.66. The smallest absolute Gasteiger partial charge is 0.259 e. The van der Waals surface area contributed by atoms with Crippen LogP contribution in [0, 0.1) is 11.3 Å². The summed E-state index contributed by atoms with van der Waals surface area (Å²) in [4.78, 5) is 19.5. The molecule has 1 N–H and O–H groups in total. The molecule has 4 rings (SSSR count). The Morgan fingerprint density at radius 3 is 2.53 bits per heavy atom. The Morgan fingerprint density at radius 1 is 1.18 bits per heavy atom. The summed E-state index contributed by atoms with van der Waals surface area (Å²) in [7, 11) is 0. The van der Waals surface area contributed by atoms with Gasteiger partial charge in [-0.1, -0.05) is 32.4 Å². The molecule has 2 aromatic carbocycles. The number of nitrogens with one attached hydrogen (secondary N) is 1. The second-order valence-corrected chi connectivity index (χ2v) is 11.2. The quantitative estimate of drug-likeness (QED) is 0.353. The second kappa shape index (κ2) is 10.3. The summed E-state index contributed by atoms with van der Waals surface area (Å²) in [6, 6.07) is 15.0. The molecule has 0 saturated carbocycles. The third kappa shape index (κ3) is 5.70. The number of rotatable bonds is 6. The number of amides is 1. The minimum absolute atomic E-state index is 0.118. The highest BCUT2D eigenvalue weighted by Crippen LogP contribution is 2.45. The predicted molar refractivity (Wildman–Crippen MR) is 144 cm³/mol. The molecule has 3 aromatic rings. The van der Waals surface area contributed by atoms with Gasteiger partial charge in [0.1, 0.15) is 10.8 Å². The van der Waals surface area contributed by atoms with E-state index in [4.69, 9.17) is 21.3 Å². The third-order valence-corrected chi connectivity index (χ3v) is 7.74. The Morgan fingerprint density at radius 2 is 1.88 bits per heavy atom. The molecule has 34 heavy (non-hydrogen) atoms. The lowest BCUT2D eigenvalue weighted by Gasteiger charge is -2.33. The molecule has 178 valence electrons. The Kier molecular flexibility index (Phi) is 7.44. The van der Waals surface area contributed by atoms with Crippen LogP contribution >= 0.6 is 22.9 Å². The fraction of sp³-hybridized carbons (Fsp3) is 0.357. The molecular formula is C28H31ClN2O2S. The molecule has 0 saturated heterocycles. The Balaban J connectivity index is 1.66. The Bertz CT molecular complexity index is 1170. The zero-order chi connectivity index (χ0) is 24.3. The first-order chi connectivity index (χ1) is 16.2. The lowest BCUT2D eigenvalue weighted by Crippen LogP contribution is -2.27. The predicted octanol–water partition coefficient (Wildman–Crippen LogP) is 7.95. The van der Waals surface area contributed by atoms with Gasteiger partial charge in [-0.25, -0.2) is 4.99 Å². The molecule has 1 amide bonds. The fourth-order valence-electron chi connectivity index (χ4n) is 4.31. The van der Waals surface area contributed by atoms with E-state index in [2.05, 4.69) is 26.1 Å². The lowest BCUT2D eigenvalue weighted by molar-refractivity contribution is 0.102. The zero-order valence-electron chi connectivity index (χ0n) is 20.2. The van der Waals surface area contributed by atoms with Gasteiger partial charge in [-0.3, -0.25) is 4.79 Å². The number of anilines is 1. The first-order valence-corrected chi connectivity index (χ1v) is 12.9. The number of thiophene rings is 1. The van der Waals surface area contributed by atoms with Crippen molar-refractivity contribution in [1.29, 1.82) is 0 Å². The van der Waals surface area contributed by atoms with Gasteiger partial charge in [0.05, 0.1) is 12.2 Å². The van der Waals surface area contributed by atoms with Crippen LogP contribution in [0.15, 0.2) is 53.5 Å². The molecule has 6 heteroatoms. The molecular weight excluding hydrogens is 464 g/mol. The van der Waals surface area contributed by atoms with Crippen molar-refractivity contribution in [1.82, 2.24) is 0 Å². The van der Waals surface area contributed by atoms with E-state index in [-0.39, 0.29) is 11.3 Å². The van der Waals surface area contributed by atoms with E-state index in [1.165, 1.54) is 4.88 Å². The monoisotopic (exact) mass is 494 g/mol. The van der Waals surface area contributed by atoms with Crippen molar-refractivity contribution in [3.05, 3.63) is 75.1 Å². The van der Waals surface area contributed by atoms with Gasteiger partial charge in [-0.15, -0.1) is 11.3 Å². The molecule has 0 aliphatic heterocycles. The van der Waals surface area contributed by atoms with E-state index in [0.29, 0.717) is 23.1 Å². The average Bonchev–Trinajstić information content (AvgIpc) is 3.17. The van der Waals surface area contributed by atoms with Crippen LogP contribution in [0.1, 0.15) is 60.5 Å². The van der Waals surface area contributed by atoms with Crippen LogP contribution in [-0.2, 0) is 12.8 Å². The normalized spacial score (nSPS) is 15.9. The Hall–Kier alpha value is -2.63. The topological polar surface area (TPSA) is 50.7 Å². The van der Waals surface area contributed by atoms with Crippen LogP contribution in [-0.4, -0.2) is 18.7 Å². The maximum atomic E-state index is 13.4. The van der Waals surface area contributed by atoms with Gasteiger partial charge in [0.25, 0.3) is 5.91 Å². The highest BCUT2D eigenvalue weighted by Gasteiger charge is 2.33. The van der Waals surface area contributed by atoms with E-state index in [1.807, 2.05) is 49.5 Å². The molecule has 1 aliphatic rings. The molecule has 1 atom stereocenters. The molecule has 0 bridgehead atoms. The van der Waals surface area contributed by atoms with Crippen molar-refractivity contribution in [2.75, 3.05) is 11.9 Å².